The molecule has 0 aliphatic heterocycles. The number of aromatic nitrogens is 2. The van der Waals surface area contributed by atoms with E-state index in [2.05, 4.69) is 22.3 Å². The molecule has 0 amide bonds. The largest absolute Gasteiger partial charge is 0.384 e. The highest BCUT2D eigenvalue weighted by Crippen LogP contribution is 2.27. The van der Waals surface area contributed by atoms with E-state index in [-0.39, 0.29) is 0 Å². The molecule has 0 saturated carbocycles. The number of nitrogens with two attached hydrogens (primary N) is 1. The third-order valence-corrected chi connectivity index (χ3v) is 3.33. The Balaban J connectivity index is 1.89. The highest BCUT2D eigenvalue weighted by molar-refractivity contribution is 5.63. The number of nitrogens with one attached hydrogen (secondary N) is 1. The van der Waals surface area contributed by atoms with Crippen LogP contribution in [0.1, 0.15) is 17.2 Å². The van der Waals surface area contributed by atoms with E-state index in [1.165, 1.54) is 0 Å². The van der Waals surface area contributed by atoms with E-state index in [0.29, 0.717) is 11.4 Å². The Labute approximate surface area is 116 Å². The lowest BCUT2D eigenvalue weighted by atomic mass is 9.99. The maximum Gasteiger partial charge on any atom is 0.125 e. The van der Waals surface area contributed by atoms with Crippen LogP contribution in [0.25, 0.3) is 11.1 Å². The smallest absolute Gasteiger partial charge is 0.125 e. The molecule has 3 rings (SSSR count). The summed E-state index contributed by atoms with van der Waals surface area (Å²) in [6.07, 6.45) is 0.782. The van der Waals surface area contributed by atoms with Crippen molar-refractivity contribution in [2.75, 3.05) is 5.73 Å². The Morgan fingerprint density at radius 3 is 2.20 bits per heavy atom. The van der Waals surface area contributed by atoms with Crippen LogP contribution in [-0.2, 0) is 0 Å². The monoisotopic (exact) mass is 265 g/mol. The molecule has 20 heavy (non-hydrogen) atoms. The van der Waals surface area contributed by atoms with Gasteiger partial charge in [-0.05, 0) is 16.7 Å². The third kappa shape index (κ3) is 2.29. The van der Waals surface area contributed by atoms with Crippen LogP contribution in [0.2, 0.25) is 0 Å². The summed E-state index contributed by atoms with van der Waals surface area (Å²) in [5, 5.41) is 16.7. The van der Waals surface area contributed by atoms with E-state index < -0.39 is 6.10 Å². The maximum absolute atomic E-state index is 10.3. The lowest BCUT2D eigenvalue weighted by molar-refractivity contribution is 0.221. The average Bonchev–Trinajstić information content (AvgIpc) is 2.94. The molecular formula is C16H15N3O. The number of H-pyrrole nitrogens is 1. The Bertz CT molecular complexity index is 689. The number of aliphatic hydroxyl groups excluding tert-OH is 1. The number of aromatic amines is 1. The number of hydrogen-bond donors (Lipinski definition) is 3. The van der Waals surface area contributed by atoms with Crippen molar-refractivity contribution in [1.82, 2.24) is 10.2 Å². The summed E-state index contributed by atoms with van der Waals surface area (Å²) in [5.74, 6) is 0.393. The van der Waals surface area contributed by atoms with Crippen molar-refractivity contribution in [3.63, 3.8) is 0 Å². The molecule has 1 atom stereocenters. The first-order chi connectivity index (χ1) is 9.75. The van der Waals surface area contributed by atoms with E-state index in [1.54, 1.807) is 6.20 Å². The minimum absolute atomic E-state index is 0.393. The normalized spacial score (nSPS) is 12.2. The first-order valence-corrected chi connectivity index (χ1v) is 6.38. The second-order valence-electron chi connectivity index (χ2n) is 4.63. The van der Waals surface area contributed by atoms with Crippen LogP contribution in [0.5, 0.6) is 0 Å². The van der Waals surface area contributed by atoms with Gasteiger partial charge in [0.2, 0.25) is 0 Å². The zero-order chi connectivity index (χ0) is 13.9. The summed E-state index contributed by atoms with van der Waals surface area (Å²) in [4.78, 5) is 0. The number of nitrogens with zero attached hydrogens (tertiary/aromatic N) is 1. The first kappa shape index (κ1) is 12.4. The van der Waals surface area contributed by atoms with Crippen LogP contribution in [0.3, 0.4) is 0 Å². The van der Waals surface area contributed by atoms with E-state index in [0.717, 1.165) is 16.7 Å². The van der Waals surface area contributed by atoms with Crippen LogP contribution in [-0.4, -0.2) is 15.3 Å². The van der Waals surface area contributed by atoms with Gasteiger partial charge in [-0.3, -0.25) is 5.10 Å². The molecule has 0 bridgehead atoms. The number of aliphatic hydroxyl groups is 1. The van der Waals surface area contributed by atoms with Gasteiger partial charge < -0.3 is 10.8 Å². The molecule has 0 saturated heterocycles. The molecule has 1 unspecified atom stereocenters. The topological polar surface area (TPSA) is 74.9 Å². The third-order valence-electron chi connectivity index (χ3n) is 3.33. The molecule has 0 aliphatic carbocycles. The van der Waals surface area contributed by atoms with E-state index in [4.69, 9.17) is 5.73 Å². The van der Waals surface area contributed by atoms with Gasteiger partial charge in [-0.2, -0.15) is 5.10 Å². The van der Waals surface area contributed by atoms with Crippen molar-refractivity contribution in [3.8, 4) is 11.1 Å². The van der Waals surface area contributed by atoms with Crippen molar-refractivity contribution >= 4 is 5.82 Å². The summed E-state index contributed by atoms with van der Waals surface area (Å²) < 4.78 is 0. The molecule has 0 fully saturated rings. The van der Waals surface area contributed by atoms with Gasteiger partial charge in [-0.15, -0.1) is 0 Å². The molecular weight excluding hydrogens is 250 g/mol. The minimum Gasteiger partial charge on any atom is -0.384 e. The fourth-order valence-corrected chi connectivity index (χ4v) is 2.19. The molecule has 3 aromatic rings. The standard InChI is InChI=1S/C16H15N3O/c17-16-14(10-18-19-16)15(20)13-8-6-12(7-9-13)11-4-2-1-3-5-11/h1-10,15,20H,(H3,17,18,19). The van der Waals surface area contributed by atoms with Crippen molar-refractivity contribution < 1.29 is 5.11 Å². The first-order valence-electron chi connectivity index (χ1n) is 6.38. The predicted molar refractivity (Wildman–Crippen MR) is 78.9 cm³/mol. The Hall–Kier alpha value is -2.59. The lowest BCUT2D eigenvalue weighted by Gasteiger charge is -2.11. The summed E-state index contributed by atoms with van der Waals surface area (Å²) in [7, 11) is 0. The van der Waals surface area contributed by atoms with Crippen LogP contribution >= 0.6 is 0 Å². The van der Waals surface area contributed by atoms with Gasteiger partial charge in [0.05, 0.1) is 6.20 Å². The molecule has 0 aliphatic rings. The van der Waals surface area contributed by atoms with Crippen molar-refractivity contribution in [1.29, 1.82) is 0 Å². The Morgan fingerprint density at radius 1 is 0.950 bits per heavy atom. The molecule has 1 aromatic heterocycles. The summed E-state index contributed by atoms with van der Waals surface area (Å²) in [6.45, 7) is 0. The quantitative estimate of drug-likeness (QED) is 0.681. The van der Waals surface area contributed by atoms with E-state index >= 15 is 0 Å². The van der Waals surface area contributed by atoms with Gasteiger partial charge in [0, 0.05) is 5.56 Å². The Kier molecular flexibility index (Phi) is 3.23. The van der Waals surface area contributed by atoms with Crippen molar-refractivity contribution in [2.45, 2.75) is 6.10 Å². The average molecular weight is 265 g/mol. The van der Waals surface area contributed by atoms with Crippen molar-refractivity contribution in [3.05, 3.63) is 71.9 Å². The van der Waals surface area contributed by atoms with Gasteiger partial charge in [0.15, 0.2) is 0 Å². The zero-order valence-electron chi connectivity index (χ0n) is 10.8. The van der Waals surface area contributed by atoms with Gasteiger partial charge >= 0.3 is 0 Å². The van der Waals surface area contributed by atoms with Crippen LogP contribution in [0.15, 0.2) is 60.8 Å². The molecule has 4 N–H and O–H groups in total. The second-order valence-corrected chi connectivity index (χ2v) is 4.63. The summed E-state index contributed by atoms with van der Waals surface area (Å²) >= 11 is 0. The zero-order valence-corrected chi connectivity index (χ0v) is 10.8. The van der Waals surface area contributed by atoms with Crippen LogP contribution < -0.4 is 5.73 Å². The number of nitrogen functional groups attached to an aromatic ring is 1. The highest BCUT2D eigenvalue weighted by Gasteiger charge is 2.15. The van der Waals surface area contributed by atoms with E-state index in [9.17, 15) is 5.11 Å². The summed E-state index contributed by atoms with van der Waals surface area (Å²) in [5.41, 5.74) is 9.37. The Morgan fingerprint density at radius 2 is 1.60 bits per heavy atom. The fraction of sp³-hybridized carbons (Fsp3) is 0.0625. The molecule has 0 radical (unpaired) electrons. The molecule has 2 aromatic carbocycles. The number of benzene rings is 2. The molecule has 1 heterocycles. The maximum atomic E-state index is 10.3. The number of hydrogen-bond acceptors (Lipinski definition) is 3. The van der Waals surface area contributed by atoms with Crippen LogP contribution in [0, 0.1) is 0 Å². The minimum atomic E-state index is -0.765. The molecule has 100 valence electrons. The molecule has 0 spiro atoms. The van der Waals surface area contributed by atoms with Crippen LogP contribution in [0.4, 0.5) is 5.82 Å². The van der Waals surface area contributed by atoms with Gasteiger partial charge in [0.25, 0.3) is 0 Å². The number of rotatable bonds is 3. The number of anilines is 1. The lowest BCUT2D eigenvalue weighted by Crippen LogP contribution is -2.01. The van der Waals surface area contributed by atoms with Crippen molar-refractivity contribution in [2.24, 2.45) is 0 Å². The SMILES string of the molecule is Nc1[nH]ncc1C(O)c1ccc(-c2ccccc2)cc1. The summed E-state index contributed by atoms with van der Waals surface area (Å²) in [6, 6.07) is 17.9. The fourth-order valence-electron chi connectivity index (χ4n) is 2.19. The highest BCUT2D eigenvalue weighted by atomic mass is 16.3. The van der Waals surface area contributed by atoms with E-state index in [1.807, 2.05) is 42.5 Å². The molecule has 4 heteroatoms. The van der Waals surface area contributed by atoms with Gasteiger partial charge in [-0.25, -0.2) is 0 Å². The van der Waals surface area contributed by atoms with Gasteiger partial charge in [0.1, 0.15) is 11.9 Å². The molecule has 4 nitrogen and oxygen atoms in total. The second kappa shape index (κ2) is 5.19. The predicted octanol–water partition coefficient (Wildman–Crippen LogP) is 2.74. The van der Waals surface area contributed by atoms with Gasteiger partial charge in [-0.1, -0.05) is 54.6 Å².